The van der Waals surface area contributed by atoms with Crippen LogP contribution in [0.25, 0.3) is 0 Å². The molecule has 0 aliphatic carbocycles. The Morgan fingerprint density at radius 3 is 2.41 bits per heavy atom. The lowest BCUT2D eigenvalue weighted by Gasteiger charge is -2.20. The van der Waals surface area contributed by atoms with Crippen molar-refractivity contribution in [2.75, 3.05) is 37.9 Å². The Morgan fingerprint density at radius 1 is 1.00 bits per heavy atom. The molecular weight excluding hydrogens is 369 g/mol. The second kappa shape index (κ2) is 8.06. The fourth-order valence-corrected chi connectivity index (χ4v) is 4.02. The Hall–Kier alpha value is -2.45. The number of para-hydroxylation sites is 1. The van der Waals surface area contributed by atoms with Crippen LogP contribution in [0.15, 0.2) is 53.4 Å². The molecular formula is C19H22FN3O3S. The standard InChI is InChI=1S/C19H22FN3O3S/c1-22-11-4-12-23(14-13-22)19(24)15-7-9-16(10-8-15)27(25,26)21-18-6-3-2-5-17(18)20/h2-3,5-10,21H,4,11-14H2,1H3. The lowest BCUT2D eigenvalue weighted by Crippen LogP contribution is -2.34. The summed E-state index contributed by atoms with van der Waals surface area (Å²) in [7, 11) is -1.91. The van der Waals surface area contributed by atoms with E-state index in [2.05, 4.69) is 9.62 Å². The number of nitrogens with zero attached hydrogens (tertiary/aromatic N) is 2. The molecule has 1 N–H and O–H groups in total. The third-order valence-electron chi connectivity index (χ3n) is 4.54. The highest BCUT2D eigenvalue weighted by Crippen LogP contribution is 2.19. The molecule has 8 heteroatoms. The van der Waals surface area contributed by atoms with Crippen molar-refractivity contribution in [3.63, 3.8) is 0 Å². The third kappa shape index (κ3) is 4.64. The molecule has 3 rings (SSSR count). The predicted octanol–water partition coefficient (Wildman–Crippen LogP) is 2.40. The van der Waals surface area contributed by atoms with E-state index in [1.807, 2.05) is 7.05 Å². The first-order valence-electron chi connectivity index (χ1n) is 8.72. The van der Waals surface area contributed by atoms with E-state index in [0.29, 0.717) is 18.7 Å². The average Bonchev–Trinajstić information content (AvgIpc) is 2.87. The number of carbonyl (C=O) groups excluding carboxylic acids is 1. The first kappa shape index (κ1) is 19.3. The van der Waals surface area contributed by atoms with E-state index in [0.717, 1.165) is 19.5 Å². The van der Waals surface area contributed by atoms with Crippen molar-refractivity contribution in [2.45, 2.75) is 11.3 Å². The molecule has 0 bridgehead atoms. The number of amides is 1. The van der Waals surface area contributed by atoms with E-state index in [1.165, 1.54) is 42.5 Å². The van der Waals surface area contributed by atoms with E-state index >= 15 is 0 Å². The molecule has 0 aromatic heterocycles. The summed E-state index contributed by atoms with van der Waals surface area (Å²) in [5.41, 5.74) is 0.315. The monoisotopic (exact) mass is 391 g/mol. The van der Waals surface area contributed by atoms with Gasteiger partial charge in [0.15, 0.2) is 0 Å². The van der Waals surface area contributed by atoms with Crippen LogP contribution in [0.3, 0.4) is 0 Å². The van der Waals surface area contributed by atoms with E-state index in [9.17, 15) is 17.6 Å². The number of rotatable bonds is 4. The van der Waals surface area contributed by atoms with Crippen LogP contribution in [0.4, 0.5) is 10.1 Å². The van der Waals surface area contributed by atoms with Crippen molar-refractivity contribution < 1.29 is 17.6 Å². The van der Waals surface area contributed by atoms with Crippen LogP contribution in [0.1, 0.15) is 16.8 Å². The number of halogens is 1. The summed E-state index contributed by atoms with van der Waals surface area (Å²) >= 11 is 0. The Labute approximate surface area is 158 Å². The number of likely N-dealkylation sites (N-methyl/N-ethyl adjacent to an activating group) is 1. The van der Waals surface area contributed by atoms with Gasteiger partial charge in [-0.05, 0) is 56.4 Å². The molecule has 1 aliphatic heterocycles. The summed E-state index contributed by atoms with van der Waals surface area (Å²) in [6.07, 6.45) is 0.904. The van der Waals surface area contributed by atoms with Gasteiger partial charge in [0.25, 0.3) is 15.9 Å². The number of carbonyl (C=O) groups is 1. The number of hydrogen-bond acceptors (Lipinski definition) is 4. The molecule has 6 nitrogen and oxygen atoms in total. The fourth-order valence-electron chi connectivity index (χ4n) is 2.96. The Morgan fingerprint density at radius 2 is 1.70 bits per heavy atom. The van der Waals surface area contributed by atoms with Crippen LogP contribution < -0.4 is 4.72 Å². The van der Waals surface area contributed by atoms with Crippen LogP contribution in [0.5, 0.6) is 0 Å². The van der Waals surface area contributed by atoms with E-state index in [-0.39, 0.29) is 16.5 Å². The number of nitrogens with one attached hydrogen (secondary N) is 1. The zero-order valence-electron chi connectivity index (χ0n) is 15.1. The molecule has 0 saturated carbocycles. The molecule has 1 amide bonds. The maximum atomic E-state index is 13.7. The minimum atomic E-state index is -3.94. The third-order valence-corrected chi connectivity index (χ3v) is 5.92. The van der Waals surface area contributed by atoms with Gasteiger partial charge in [-0.25, -0.2) is 12.8 Å². The number of anilines is 1. The molecule has 144 valence electrons. The first-order valence-corrected chi connectivity index (χ1v) is 10.2. The summed E-state index contributed by atoms with van der Waals surface area (Å²) < 4.78 is 40.8. The molecule has 0 atom stereocenters. The summed E-state index contributed by atoms with van der Waals surface area (Å²) in [5.74, 6) is -0.768. The van der Waals surface area contributed by atoms with Crippen LogP contribution in [-0.4, -0.2) is 57.4 Å². The first-order chi connectivity index (χ1) is 12.9. The van der Waals surface area contributed by atoms with E-state index in [1.54, 1.807) is 11.0 Å². The Balaban J connectivity index is 1.74. The molecule has 27 heavy (non-hydrogen) atoms. The van der Waals surface area contributed by atoms with Gasteiger partial charge in [-0.15, -0.1) is 0 Å². The second-order valence-electron chi connectivity index (χ2n) is 6.56. The largest absolute Gasteiger partial charge is 0.337 e. The van der Waals surface area contributed by atoms with Crippen molar-refractivity contribution in [1.82, 2.24) is 9.80 Å². The van der Waals surface area contributed by atoms with Gasteiger partial charge in [-0.1, -0.05) is 12.1 Å². The topological polar surface area (TPSA) is 69.7 Å². The minimum Gasteiger partial charge on any atom is -0.337 e. The van der Waals surface area contributed by atoms with Crippen LogP contribution in [-0.2, 0) is 10.0 Å². The van der Waals surface area contributed by atoms with Crippen molar-refractivity contribution in [3.05, 3.63) is 59.9 Å². The highest BCUT2D eigenvalue weighted by atomic mass is 32.2. The summed E-state index contributed by atoms with van der Waals surface area (Å²) in [6, 6.07) is 11.3. The lowest BCUT2D eigenvalue weighted by atomic mass is 10.2. The molecule has 1 fully saturated rings. The molecule has 2 aromatic carbocycles. The fraction of sp³-hybridized carbons (Fsp3) is 0.316. The minimum absolute atomic E-state index is 0.0297. The van der Waals surface area contributed by atoms with E-state index in [4.69, 9.17) is 0 Å². The van der Waals surface area contributed by atoms with Gasteiger partial charge in [0, 0.05) is 25.2 Å². The smallest absolute Gasteiger partial charge is 0.261 e. The highest BCUT2D eigenvalue weighted by molar-refractivity contribution is 7.92. The van der Waals surface area contributed by atoms with E-state index < -0.39 is 15.8 Å². The van der Waals surface area contributed by atoms with Gasteiger partial charge in [0.05, 0.1) is 10.6 Å². The predicted molar refractivity (Wildman–Crippen MR) is 102 cm³/mol. The Bertz CT molecular complexity index is 916. The SMILES string of the molecule is CN1CCCN(C(=O)c2ccc(S(=O)(=O)Nc3ccccc3F)cc2)CC1. The maximum Gasteiger partial charge on any atom is 0.261 e. The van der Waals surface area contributed by atoms with Crippen molar-refractivity contribution in [3.8, 4) is 0 Å². The van der Waals surface area contributed by atoms with Gasteiger partial charge >= 0.3 is 0 Å². The number of benzene rings is 2. The average molecular weight is 391 g/mol. The van der Waals surface area contributed by atoms with Gasteiger partial charge in [-0.2, -0.15) is 0 Å². The zero-order chi connectivity index (χ0) is 19.4. The molecule has 2 aromatic rings. The molecule has 1 aliphatic rings. The zero-order valence-corrected chi connectivity index (χ0v) is 15.9. The van der Waals surface area contributed by atoms with Crippen LogP contribution >= 0.6 is 0 Å². The maximum absolute atomic E-state index is 13.7. The van der Waals surface area contributed by atoms with Crippen molar-refractivity contribution >= 4 is 21.6 Å². The molecule has 0 radical (unpaired) electrons. The quantitative estimate of drug-likeness (QED) is 0.869. The Kier molecular flexibility index (Phi) is 5.76. The van der Waals surface area contributed by atoms with Gasteiger partial charge in [0.2, 0.25) is 0 Å². The lowest BCUT2D eigenvalue weighted by molar-refractivity contribution is 0.0762. The second-order valence-corrected chi connectivity index (χ2v) is 8.24. The summed E-state index contributed by atoms with van der Waals surface area (Å²) in [4.78, 5) is 16.6. The van der Waals surface area contributed by atoms with Crippen molar-refractivity contribution in [1.29, 1.82) is 0 Å². The van der Waals surface area contributed by atoms with Gasteiger partial charge in [0.1, 0.15) is 5.82 Å². The molecule has 0 unspecified atom stereocenters. The van der Waals surface area contributed by atoms with Gasteiger partial charge < -0.3 is 9.80 Å². The molecule has 1 saturated heterocycles. The summed E-state index contributed by atoms with van der Waals surface area (Å²) in [5, 5.41) is 0. The number of sulfonamides is 1. The summed E-state index contributed by atoms with van der Waals surface area (Å²) in [6.45, 7) is 3.08. The molecule has 1 heterocycles. The van der Waals surface area contributed by atoms with Crippen LogP contribution in [0, 0.1) is 5.82 Å². The van der Waals surface area contributed by atoms with Gasteiger partial charge in [-0.3, -0.25) is 9.52 Å². The van der Waals surface area contributed by atoms with Crippen LogP contribution in [0.2, 0.25) is 0 Å². The molecule has 0 spiro atoms. The van der Waals surface area contributed by atoms with Crippen molar-refractivity contribution in [2.24, 2.45) is 0 Å². The normalized spacial score (nSPS) is 16.0. The number of hydrogen-bond donors (Lipinski definition) is 1. The highest BCUT2D eigenvalue weighted by Gasteiger charge is 2.21.